The van der Waals surface area contributed by atoms with Crippen LogP contribution in [0.5, 0.6) is 5.75 Å². The zero-order chi connectivity index (χ0) is 12.8. The fourth-order valence-corrected chi connectivity index (χ4v) is 1.36. The summed E-state index contributed by atoms with van der Waals surface area (Å²) < 4.78 is 22.9. The van der Waals surface area contributed by atoms with Gasteiger partial charge in [0.05, 0.1) is 19.6 Å². The summed E-state index contributed by atoms with van der Waals surface area (Å²) in [6.07, 6.45) is 0.165. The second kappa shape index (κ2) is 6.23. The van der Waals surface area contributed by atoms with Crippen LogP contribution in [0.25, 0.3) is 0 Å². The highest BCUT2D eigenvalue weighted by Crippen LogP contribution is 2.18. The third-order valence-electron chi connectivity index (χ3n) is 2.65. The minimum absolute atomic E-state index is 0.0347. The molecule has 0 saturated carbocycles. The highest BCUT2D eigenvalue weighted by molar-refractivity contribution is 5.69. The number of rotatable bonds is 5. The van der Waals surface area contributed by atoms with E-state index in [0.29, 0.717) is 12.2 Å². The van der Waals surface area contributed by atoms with Gasteiger partial charge in [0.25, 0.3) is 0 Å². The van der Waals surface area contributed by atoms with Crippen molar-refractivity contribution < 1.29 is 18.7 Å². The van der Waals surface area contributed by atoms with Gasteiger partial charge in [0.2, 0.25) is 0 Å². The number of carbonyl (C=O) groups is 1. The van der Waals surface area contributed by atoms with E-state index in [0.717, 1.165) is 0 Å². The van der Waals surface area contributed by atoms with Crippen molar-refractivity contribution in [2.45, 2.75) is 26.4 Å². The van der Waals surface area contributed by atoms with Crippen LogP contribution >= 0.6 is 0 Å². The topological polar surface area (TPSA) is 35.5 Å². The number of hydrogen-bond donors (Lipinski definition) is 0. The van der Waals surface area contributed by atoms with Crippen LogP contribution in [0.15, 0.2) is 24.3 Å². The van der Waals surface area contributed by atoms with Crippen LogP contribution in [-0.4, -0.2) is 19.2 Å². The Morgan fingerprint density at radius 3 is 2.41 bits per heavy atom. The number of esters is 1. The first-order chi connectivity index (χ1) is 8.02. The van der Waals surface area contributed by atoms with Gasteiger partial charge in [-0.2, -0.15) is 0 Å². The van der Waals surface area contributed by atoms with Crippen molar-refractivity contribution in [3.8, 4) is 5.75 Å². The molecule has 0 aromatic heterocycles. The molecule has 94 valence electrons. The molecule has 0 spiro atoms. The van der Waals surface area contributed by atoms with Crippen molar-refractivity contribution in [3.05, 3.63) is 30.1 Å². The summed E-state index contributed by atoms with van der Waals surface area (Å²) in [7, 11) is 1.36. The lowest BCUT2D eigenvalue weighted by Crippen LogP contribution is -2.24. The average molecular weight is 240 g/mol. The van der Waals surface area contributed by atoms with Gasteiger partial charge in [-0.15, -0.1) is 0 Å². The molecule has 0 N–H and O–H groups in total. The first kappa shape index (κ1) is 13.5. The maximum absolute atomic E-state index is 12.7. The standard InChI is InChI=1S/C13H17FO3/c1-9(8-13(15)16-3)10(2)17-12-6-4-11(14)5-7-12/h4-7,9-10H,8H2,1-3H3. The minimum atomic E-state index is -0.299. The van der Waals surface area contributed by atoms with Crippen LogP contribution in [0.4, 0.5) is 4.39 Å². The summed E-state index contributed by atoms with van der Waals surface area (Å²) in [6, 6.07) is 5.81. The van der Waals surface area contributed by atoms with E-state index in [2.05, 4.69) is 4.74 Å². The van der Waals surface area contributed by atoms with E-state index in [-0.39, 0.29) is 23.8 Å². The van der Waals surface area contributed by atoms with E-state index in [4.69, 9.17) is 4.74 Å². The van der Waals surface area contributed by atoms with E-state index in [1.165, 1.54) is 19.2 Å². The number of ether oxygens (including phenoxy) is 2. The van der Waals surface area contributed by atoms with Gasteiger partial charge in [-0.1, -0.05) is 6.92 Å². The SMILES string of the molecule is COC(=O)CC(C)C(C)Oc1ccc(F)cc1. The van der Waals surface area contributed by atoms with E-state index in [9.17, 15) is 9.18 Å². The third-order valence-corrected chi connectivity index (χ3v) is 2.65. The van der Waals surface area contributed by atoms with Gasteiger partial charge in [-0.05, 0) is 31.2 Å². The van der Waals surface area contributed by atoms with Crippen LogP contribution in [-0.2, 0) is 9.53 Å². The van der Waals surface area contributed by atoms with Gasteiger partial charge in [0.15, 0.2) is 0 Å². The highest BCUT2D eigenvalue weighted by atomic mass is 19.1. The fourth-order valence-electron chi connectivity index (χ4n) is 1.36. The summed E-state index contributed by atoms with van der Waals surface area (Å²) in [5, 5.41) is 0. The molecule has 4 heteroatoms. The maximum atomic E-state index is 12.7. The molecule has 2 atom stereocenters. The molecule has 0 heterocycles. The quantitative estimate of drug-likeness (QED) is 0.742. The summed E-state index contributed by atoms with van der Waals surface area (Å²) in [5.41, 5.74) is 0. The van der Waals surface area contributed by atoms with E-state index >= 15 is 0 Å². The first-order valence-electron chi connectivity index (χ1n) is 5.52. The van der Waals surface area contributed by atoms with Crippen LogP contribution in [0.3, 0.4) is 0 Å². The average Bonchev–Trinajstić information content (AvgIpc) is 2.31. The van der Waals surface area contributed by atoms with Gasteiger partial charge in [0.1, 0.15) is 11.6 Å². The molecule has 1 aromatic carbocycles. The monoisotopic (exact) mass is 240 g/mol. The van der Waals surface area contributed by atoms with Crippen LogP contribution in [0.2, 0.25) is 0 Å². The Morgan fingerprint density at radius 2 is 1.88 bits per heavy atom. The Labute approximate surface area is 101 Å². The Hall–Kier alpha value is -1.58. The molecule has 0 radical (unpaired) electrons. The summed E-state index contributed by atoms with van der Waals surface area (Å²) in [6.45, 7) is 3.78. The molecule has 0 saturated heterocycles. The van der Waals surface area contributed by atoms with Gasteiger partial charge in [-0.3, -0.25) is 4.79 Å². The van der Waals surface area contributed by atoms with Crippen molar-refractivity contribution >= 4 is 5.97 Å². The molecule has 2 unspecified atom stereocenters. The van der Waals surface area contributed by atoms with Crippen LogP contribution in [0.1, 0.15) is 20.3 Å². The molecule has 0 fully saturated rings. The van der Waals surface area contributed by atoms with Gasteiger partial charge in [0, 0.05) is 5.92 Å². The second-order valence-electron chi connectivity index (χ2n) is 4.03. The first-order valence-corrected chi connectivity index (χ1v) is 5.52. The molecule has 1 rings (SSSR count). The van der Waals surface area contributed by atoms with Gasteiger partial charge < -0.3 is 9.47 Å². The Morgan fingerprint density at radius 1 is 1.29 bits per heavy atom. The van der Waals surface area contributed by atoms with Crippen molar-refractivity contribution in [2.75, 3.05) is 7.11 Å². The second-order valence-corrected chi connectivity index (χ2v) is 4.03. The summed E-state index contributed by atoms with van der Waals surface area (Å²) in [4.78, 5) is 11.1. The van der Waals surface area contributed by atoms with Crippen molar-refractivity contribution in [2.24, 2.45) is 5.92 Å². The lowest BCUT2D eigenvalue weighted by Gasteiger charge is -2.20. The molecular weight excluding hydrogens is 223 g/mol. The van der Waals surface area contributed by atoms with Crippen molar-refractivity contribution in [1.82, 2.24) is 0 Å². The van der Waals surface area contributed by atoms with Gasteiger partial charge in [-0.25, -0.2) is 4.39 Å². The largest absolute Gasteiger partial charge is 0.490 e. The zero-order valence-electron chi connectivity index (χ0n) is 10.3. The Balaban J connectivity index is 2.50. The Bertz CT molecular complexity index is 361. The fraction of sp³-hybridized carbons (Fsp3) is 0.462. The normalized spacial score (nSPS) is 13.9. The molecule has 0 aliphatic heterocycles. The summed E-state index contributed by atoms with van der Waals surface area (Å²) in [5.74, 6) is 0.0720. The molecule has 1 aromatic rings. The van der Waals surface area contributed by atoms with E-state index < -0.39 is 0 Å². The highest BCUT2D eigenvalue weighted by Gasteiger charge is 2.17. The molecule has 0 bridgehead atoms. The van der Waals surface area contributed by atoms with Gasteiger partial charge >= 0.3 is 5.97 Å². The minimum Gasteiger partial charge on any atom is -0.490 e. The lowest BCUT2D eigenvalue weighted by atomic mass is 10.0. The number of methoxy groups -OCH3 is 1. The maximum Gasteiger partial charge on any atom is 0.305 e. The van der Waals surface area contributed by atoms with Crippen LogP contribution in [0, 0.1) is 11.7 Å². The predicted octanol–water partition coefficient (Wildman–Crippen LogP) is 2.79. The smallest absolute Gasteiger partial charge is 0.305 e. The molecule has 0 amide bonds. The molecule has 0 aliphatic rings. The molecule has 17 heavy (non-hydrogen) atoms. The van der Waals surface area contributed by atoms with Crippen molar-refractivity contribution in [1.29, 1.82) is 0 Å². The zero-order valence-corrected chi connectivity index (χ0v) is 10.3. The van der Waals surface area contributed by atoms with E-state index in [1.807, 2.05) is 13.8 Å². The predicted molar refractivity (Wildman–Crippen MR) is 62.3 cm³/mol. The lowest BCUT2D eigenvalue weighted by molar-refractivity contribution is -0.142. The molecular formula is C13H17FO3. The number of carbonyl (C=O) groups excluding carboxylic acids is 1. The number of benzene rings is 1. The van der Waals surface area contributed by atoms with E-state index in [1.54, 1.807) is 12.1 Å². The summed E-state index contributed by atoms with van der Waals surface area (Å²) >= 11 is 0. The number of hydrogen-bond acceptors (Lipinski definition) is 3. The molecule has 0 aliphatic carbocycles. The van der Waals surface area contributed by atoms with Crippen molar-refractivity contribution in [3.63, 3.8) is 0 Å². The molecule has 3 nitrogen and oxygen atoms in total. The number of halogens is 1. The Kier molecular flexibility index (Phi) is 4.94. The van der Waals surface area contributed by atoms with Crippen LogP contribution < -0.4 is 4.74 Å². The third kappa shape index (κ3) is 4.43.